The number of nitriles is 1. The molecular formula is C19H19N5O. The smallest absolute Gasteiger partial charge is 0.270 e. The van der Waals surface area contributed by atoms with Gasteiger partial charge in [-0.3, -0.25) is 4.79 Å². The second-order valence-corrected chi connectivity index (χ2v) is 6.39. The molecule has 0 spiro atoms. The number of para-hydroxylation sites is 1. The van der Waals surface area contributed by atoms with Gasteiger partial charge < -0.3 is 14.0 Å². The van der Waals surface area contributed by atoms with E-state index in [1.165, 1.54) is 0 Å². The molecule has 3 heterocycles. The van der Waals surface area contributed by atoms with Crippen molar-refractivity contribution in [3.05, 3.63) is 54.7 Å². The zero-order valence-electron chi connectivity index (χ0n) is 13.9. The fraction of sp³-hybridized carbons (Fsp3) is 0.316. The number of amides is 1. The van der Waals surface area contributed by atoms with Crippen molar-refractivity contribution in [3.63, 3.8) is 0 Å². The highest BCUT2D eigenvalue weighted by Crippen LogP contribution is 2.25. The van der Waals surface area contributed by atoms with Crippen LogP contribution >= 0.6 is 0 Å². The number of likely N-dealkylation sites (tertiary alicyclic amines) is 1. The summed E-state index contributed by atoms with van der Waals surface area (Å²) in [6.45, 7) is 1.59. The third-order valence-electron chi connectivity index (χ3n) is 4.89. The molecular weight excluding hydrogens is 314 g/mol. The highest BCUT2D eigenvalue weighted by molar-refractivity contribution is 5.98. The van der Waals surface area contributed by atoms with E-state index in [4.69, 9.17) is 0 Å². The highest BCUT2D eigenvalue weighted by Gasteiger charge is 2.27. The SMILES string of the molecule is N#CCn1c(C(=O)N2CCCC(n3ccnc3)C2)cc2ccccc21. The summed E-state index contributed by atoms with van der Waals surface area (Å²) in [5.74, 6) is -0.00346. The van der Waals surface area contributed by atoms with Gasteiger partial charge in [0.1, 0.15) is 12.2 Å². The molecule has 1 aliphatic rings. The molecule has 0 aliphatic carbocycles. The first-order valence-corrected chi connectivity index (χ1v) is 8.50. The van der Waals surface area contributed by atoms with E-state index in [9.17, 15) is 10.1 Å². The van der Waals surface area contributed by atoms with Crippen LogP contribution in [0.25, 0.3) is 10.9 Å². The third-order valence-corrected chi connectivity index (χ3v) is 4.89. The lowest BCUT2D eigenvalue weighted by atomic mass is 10.1. The minimum absolute atomic E-state index is 0.00346. The van der Waals surface area contributed by atoms with Crippen molar-refractivity contribution in [2.75, 3.05) is 13.1 Å². The number of hydrogen-bond donors (Lipinski definition) is 0. The van der Waals surface area contributed by atoms with Crippen LogP contribution in [0.4, 0.5) is 0 Å². The number of nitrogens with zero attached hydrogens (tertiary/aromatic N) is 5. The average molecular weight is 333 g/mol. The van der Waals surface area contributed by atoms with Crippen molar-refractivity contribution < 1.29 is 4.79 Å². The lowest BCUT2D eigenvalue weighted by molar-refractivity contribution is 0.0669. The summed E-state index contributed by atoms with van der Waals surface area (Å²) < 4.78 is 3.89. The number of carbonyl (C=O) groups excluding carboxylic acids is 1. The molecule has 1 saturated heterocycles. The molecule has 2 aromatic heterocycles. The predicted octanol–water partition coefficient (Wildman–Crippen LogP) is 2.84. The lowest BCUT2D eigenvalue weighted by Crippen LogP contribution is -2.41. The number of carbonyl (C=O) groups is 1. The van der Waals surface area contributed by atoms with Gasteiger partial charge in [0.2, 0.25) is 0 Å². The molecule has 4 rings (SSSR count). The van der Waals surface area contributed by atoms with Crippen LogP contribution in [-0.2, 0) is 6.54 Å². The molecule has 1 unspecified atom stereocenters. The van der Waals surface area contributed by atoms with Crippen LogP contribution in [-0.4, -0.2) is 38.0 Å². The number of hydrogen-bond acceptors (Lipinski definition) is 3. The first-order valence-electron chi connectivity index (χ1n) is 8.50. The normalized spacial score (nSPS) is 17.6. The topological polar surface area (TPSA) is 66.8 Å². The first-order chi connectivity index (χ1) is 12.3. The molecule has 25 heavy (non-hydrogen) atoms. The molecule has 0 saturated carbocycles. The standard InChI is InChI=1S/C19H19N5O/c20-7-10-24-17-6-2-1-4-15(17)12-18(24)19(25)22-9-3-5-16(13-22)23-11-8-21-14-23/h1-2,4,6,8,11-12,14,16H,3,5,9-10,13H2. The Bertz CT molecular complexity index is 935. The van der Waals surface area contributed by atoms with Gasteiger partial charge in [-0.25, -0.2) is 4.98 Å². The van der Waals surface area contributed by atoms with Crippen LogP contribution in [0.1, 0.15) is 29.4 Å². The number of piperidine rings is 1. The molecule has 1 aromatic carbocycles. The molecule has 1 atom stereocenters. The second kappa shape index (κ2) is 6.44. The van der Waals surface area contributed by atoms with Crippen molar-refractivity contribution >= 4 is 16.8 Å². The van der Waals surface area contributed by atoms with E-state index < -0.39 is 0 Å². The van der Waals surface area contributed by atoms with Crippen LogP contribution < -0.4 is 0 Å². The van der Waals surface area contributed by atoms with Gasteiger partial charge >= 0.3 is 0 Å². The number of fused-ring (bicyclic) bond motifs is 1. The van der Waals surface area contributed by atoms with Crippen molar-refractivity contribution in [2.24, 2.45) is 0 Å². The highest BCUT2D eigenvalue weighted by atomic mass is 16.2. The Hall–Kier alpha value is -3.07. The van der Waals surface area contributed by atoms with E-state index in [1.807, 2.05) is 52.3 Å². The van der Waals surface area contributed by atoms with E-state index in [1.54, 1.807) is 6.20 Å². The summed E-state index contributed by atoms with van der Waals surface area (Å²) in [5, 5.41) is 10.2. The molecule has 0 radical (unpaired) electrons. The van der Waals surface area contributed by atoms with Crippen LogP contribution in [0, 0.1) is 11.3 Å². The molecule has 3 aromatic rings. The van der Waals surface area contributed by atoms with Gasteiger partial charge in [-0.2, -0.15) is 5.26 Å². The quantitative estimate of drug-likeness (QED) is 0.740. The van der Waals surface area contributed by atoms with Crippen molar-refractivity contribution in [2.45, 2.75) is 25.4 Å². The maximum atomic E-state index is 13.2. The molecule has 1 amide bonds. The van der Waals surface area contributed by atoms with Crippen LogP contribution in [0.3, 0.4) is 0 Å². The summed E-state index contributed by atoms with van der Waals surface area (Å²) in [6, 6.07) is 12.1. The Balaban J connectivity index is 1.65. The van der Waals surface area contributed by atoms with E-state index >= 15 is 0 Å². The third kappa shape index (κ3) is 2.78. The molecule has 0 bridgehead atoms. The molecule has 1 aliphatic heterocycles. The zero-order chi connectivity index (χ0) is 17.2. The number of benzene rings is 1. The number of aromatic nitrogens is 3. The summed E-state index contributed by atoms with van der Waals surface area (Å²) in [6.07, 6.45) is 7.54. The molecule has 0 N–H and O–H groups in total. The van der Waals surface area contributed by atoms with Gasteiger partial charge in [-0.1, -0.05) is 18.2 Å². The maximum Gasteiger partial charge on any atom is 0.270 e. The second-order valence-electron chi connectivity index (χ2n) is 6.39. The summed E-state index contributed by atoms with van der Waals surface area (Å²) in [7, 11) is 0. The molecule has 126 valence electrons. The first kappa shape index (κ1) is 15.5. The fourth-order valence-corrected chi connectivity index (χ4v) is 3.66. The minimum Gasteiger partial charge on any atom is -0.335 e. The Kier molecular flexibility index (Phi) is 3.98. The van der Waals surface area contributed by atoms with Gasteiger partial charge in [0.15, 0.2) is 0 Å². The molecule has 6 nitrogen and oxygen atoms in total. The van der Waals surface area contributed by atoms with Gasteiger partial charge in [0, 0.05) is 36.4 Å². The van der Waals surface area contributed by atoms with Gasteiger partial charge in [-0.05, 0) is 25.0 Å². The Morgan fingerprint density at radius 1 is 1.36 bits per heavy atom. The average Bonchev–Trinajstić information content (AvgIpc) is 3.30. The van der Waals surface area contributed by atoms with Crippen molar-refractivity contribution in [3.8, 4) is 6.07 Å². The maximum absolute atomic E-state index is 13.2. The van der Waals surface area contributed by atoms with Gasteiger partial charge in [-0.15, -0.1) is 0 Å². The van der Waals surface area contributed by atoms with Gasteiger partial charge in [0.05, 0.1) is 18.4 Å². The van der Waals surface area contributed by atoms with E-state index in [0.717, 1.165) is 30.3 Å². The largest absolute Gasteiger partial charge is 0.335 e. The van der Waals surface area contributed by atoms with E-state index in [2.05, 4.69) is 15.6 Å². The molecule has 6 heteroatoms. The zero-order valence-corrected chi connectivity index (χ0v) is 13.9. The Labute approximate surface area is 145 Å². The number of rotatable bonds is 3. The van der Waals surface area contributed by atoms with Crippen molar-refractivity contribution in [1.82, 2.24) is 19.0 Å². The van der Waals surface area contributed by atoms with Gasteiger partial charge in [0.25, 0.3) is 5.91 Å². The fourth-order valence-electron chi connectivity index (χ4n) is 3.66. The van der Waals surface area contributed by atoms with Crippen LogP contribution in [0.15, 0.2) is 49.1 Å². The monoisotopic (exact) mass is 333 g/mol. The summed E-state index contributed by atoms with van der Waals surface area (Å²) in [5.41, 5.74) is 1.52. The van der Waals surface area contributed by atoms with E-state index in [-0.39, 0.29) is 18.5 Å². The number of imidazole rings is 1. The minimum atomic E-state index is -0.00346. The summed E-state index contributed by atoms with van der Waals surface area (Å²) >= 11 is 0. The predicted molar refractivity (Wildman–Crippen MR) is 94.0 cm³/mol. The van der Waals surface area contributed by atoms with Crippen molar-refractivity contribution in [1.29, 1.82) is 5.26 Å². The Morgan fingerprint density at radius 3 is 3.04 bits per heavy atom. The van der Waals surface area contributed by atoms with Crippen LogP contribution in [0.5, 0.6) is 0 Å². The Morgan fingerprint density at radius 2 is 2.24 bits per heavy atom. The van der Waals surface area contributed by atoms with E-state index in [0.29, 0.717) is 12.2 Å². The summed E-state index contributed by atoms with van der Waals surface area (Å²) in [4.78, 5) is 19.2. The molecule has 1 fully saturated rings. The van der Waals surface area contributed by atoms with Crippen LogP contribution in [0.2, 0.25) is 0 Å². The lowest BCUT2D eigenvalue weighted by Gasteiger charge is -2.33.